The highest BCUT2D eigenvalue weighted by Gasteiger charge is 2.24. The van der Waals surface area contributed by atoms with Crippen LogP contribution in [0.15, 0.2) is 76.6 Å². The van der Waals surface area contributed by atoms with Crippen LogP contribution in [0.3, 0.4) is 0 Å². The first-order chi connectivity index (χ1) is 15.0. The number of benzene rings is 3. The van der Waals surface area contributed by atoms with E-state index in [1.54, 1.807) is 24.3 Å². The first-order valence-corrected chi connectivity index (χ1v) is 11.1. The van der Waals surface area contributed by atoms with E-state index in [2.05, 4.69) is 10.3 Å². The molecule has 156 valence electrons. The summed E-state index contributed by atoms with van der Waals surface area (Å²) in [5, 5.41) is 4.61. The van der Waals surface area contributed by atoms with Gasteiger partial charge in [0.15, 0.2) is 5.17 Å². The maximum atomic E-state index is 12.3. The summed E-state index contributed by atoms with van der Waals surface area (Å²) < 4.78 is 5.79. The van der Waals surface area contributed by atoms with Gasteiger partial charge < -0.3 is 10.1 Å². The van der Waals surface area contributed by atoms with E-state index in [9.17, 15) is 4.79 Å². The molecule has 8 heteroatoms. The van der Waals surface area contributed by atoms with Crippen molar-refractivity contribution in [3.05, 3.63) is 97.8 Å². The second kappa shape index (κ2) is 9.79. The molecule has 1 saturated heterocycles. The minimum absolute atomic E-state index is 0.221. The summed E-state index contributed by atoms with van der Waals surface area (Å²) >= 11 is 19.6. The summed E-state index contributed by atoms with van der Waals surface area (Å²) in [5.74, 6) is 0.490. The lowest BCUT2D eigenvalue weighted by atomic mass is 10.2. The van der Waals surface area contributed by atoms with E-state index in [1.165, 1.54) is 11.8 Å². The number of nitrogens with one attached hydrogen (secondary N) is 1. The van der Waals surface area contributed by atoms with E-state index in [0.717, 1.165) is 11.1 Å². The Bertz CT molecular complexity index is 1190. The SMILES string of the molecule is O=C1NC(=Nc2cccc(Cl)c2Cl)S/C1=C/c1ccc(OCc2ccccc2Cl)cc1. The van der Waals surface area contributed by atoms with Crippen molar-refractivity contribution < 1.29 is 9.53 Å². The number of hydrogen-bond acceptors (Lipinski definition) is 4. The van der Waals surface area contributed by atoms with E-state index in [-0.39, 0.29) is 5.91 Å². The van der Waals surface area contributed by atoms with Crippen LogP contribution in [-0.4, -0.2) is 11.1 Å². The highest BCUT2D eigenvalue weighted by Crippen LogP contribution is 2.34. The van der Waals surface area contributed by atoms with Gasteiger partial charge in [0.1, 0.15) is 12.4 Å². The fraction of sp³-hybridized carbons (Fsp3) is 0.0435. The number of nitrogens with zero attached hydrogens (tertiary/aromatic N) is 1. The Kier molecular flexibility index (Phi) is 6.88. The molecule has 1 fully saturated rings. The Balaban J connectivity index is 1.44. The molecule has 0 unspecified atom stereocenters. The molecule has 1 N–H and O–H groups in total. The molecule has 0 spiro atoms. The lowest BCUT2D eigenvalue weighted by molar-refractivity contribution is -0.115. The second-order valence-corrected chi connectivity index (χ2v) is 8.73. The summed E-state index contributed by atoms with van der Waals surface area (Å²) in [7, 11) is 0. The molecule has 1 aliphatic rings. The normalized spacial score (nSPS) is 16.0. The van der Waals surface area contributed by atoms with Crippen LogP contribution in [0, 0.1) is 0 Å². The van der Waals surface area contributed by atoms with Crippen molar-refractivity contribution in [2.75, 3.05) is 0 Å². The third kappa shape index (κ3) is 5.43. The molecule has 1 amide bonds. The van der Waals surface area contributed by atoms with Gasteiger partial charge in [-0.2, -0.15) is 0 Å². The highest BCUT2D eigenvalue weighted by atomic mass is 35.5. The molecule has 0 aliphatic carbocycles. The zero-order chi connectivity index (χ0) is 21.8. The summed E-state index contributed by atoms with van der Waals surface area (Å²) in [6.07, 6.45) is 1.79. The third-order valence-corrected chi connectivity index (χ3v) is 6.42. The third-order valence-electron chi connectivity index (χ3n) is 4.33. The van der Waals surface area contributed by atoms with E-state index in [4.69, 9.17) is 39.5 Å². The van der Waals surface area contributed by atoms with Crippen LogP contribution in [0.1, 0.15) is 11.1 Å². The number of halogens is 3. The predicted molar refractivity (Wildman–Crippen MR) is 129 cm³/mol. The first kappa shape index (κ1) is 21.8. The first-order valence-electron chi connectivity index (χ1n) is 9.19. The van der Waals surface area contributed by atoms with Crippen molar-refractivity contribution in [3.8, 4) is 5.75 Å². The van der Waals surface area contributed by atoms with Crippen molar-refractivity contribution in [2.45, 2.75) is 6.61 Å². The van der Waals surface area contributed by atoms with Gasteiger partial charge in [0.2, 0.25) is 0 Å². The number of amidine groups is 1. The number of carbonyl (C=O) groups excluding carboxylic acids is 1. The Morgan fingerprint density at radius 1 is 0.935 bits per heavy atom. The van der Waals surface area contributed by atoms with Gasteiger partial charge in [-0.05, 0) is 53.7 Å². The van der Waals surface area contributed by atoms with Crippen molar-refractivity contribution in [2.24, 2.45) is 4.99 Å². The number of rotatable bonds is 5. The van der Waals surface area contributed by atoms with Crippen molar-refractivity contribution in [1.82, 2.24) is 5.32 Å². The number of amides is 1. The molecule has 3 aromatic carbocycles. The average molecular weight is 490 g/mol. The van der Waals surface area contributed by atoms with E-state index in [0.29, 0.717) is 43.2 Å². The number of aliphatic imine (C=N–C) groups is 1. The number of thioether (sulfide) groups is 1. The molecule has 0 saturated carbocycles. The van der Waals surface area contributed by atoms with Gasteiger partial charge in [-0.15, -0.1) is 0 Å². The molecular weight excluding hydrogens is 475 g/mol. The summed E-state index contributed by atoms with van der Waals surface area (Å²) in [6.45, 7) is 0.379. The zero-order valence-corrected chi connectivity index (χ0v) is 19.0. The highest BCUT2D eigenvalue weighted by molar-refractivity contribution is 8.18. The second-order valence-electron chi connectivity index (χ2n) is 6.50. The fourth-order valence-electron chi connectivity index (χ4n) is 2.76. The Morgan fingerprint density at radius 3 is 2.45 bits per heavy atom. The van der Waals surface area contributed by atoms with Crippen molar-refractivity contribution >= 4 is 69.4 Å². The largest absolute Gasteiger partial charge is 0.489 e. The minimum atomic E-state index is -0.221. The zero-order valence-electron chi connectivity index (χ0n) is 15.9. The smallest absolute Gasteiger partial charge is 0.264 e. The van der Waals surface area contributed by atoms with Crippen LogP contribution >= 0.6 is 46.6 Å². The van der Waals surface area contributed by atoms with Crippen molar-refractivity contribution in [1.29, 1.82) is 0 Å². The van der Waals surface area contributed by atoms with Crippen LogP contribution in [-0.2, 0) is 11.4 Å². The van der Waals surface area contributed by atoms with Crippen LogP contribution in [0.4, 0.5) is 5.69 Å². The van der Waals surface area contributed by atoms with Crippen LogP contribution in [0.2, 0.25) is 15.1 Å². The Labute approximate surface area is 198 Å². The van der Waals surface area contributed by atoms with E-state index in [1.807, 2.05) is 48.5 Å². The van der Waals surface area contributed by atoms with Crippen LogP contribution < -0.4 is 10.1 Å². The molecule has 0 atom stereocenters. The predicted octanol–water partition coefficient (Wildman–Crippen LogP) is 7.12. The molecule has 0 bridgehead atoms. The van der Waals surface area contributed by atoms with E-state index < -0.39 is 0 Å². The Morgan fingerprint density at radius 2 is 1.68 bits per heavy atom. The Hall–Kier alpha value is -2.44. The fourth-order valence-corrected chi connectivity index (χ4v) is 4.12. The van der Waals surface area contributed by atoms with Gasteiger partial charge >= 0.3 is 0 Å². The summed E-state index contributed by atoms with van der Waals surface area (Å²) in [5.41, 5.74) is 2.28. The lowest BCUT2D eigenvalue weighted by Gasteiger charge is -2.08. The van der Waals surface area contributed by atoms with Gasteiger partial charge in [0.05, 0.1) is 20.6 Å². The summed E-state index contributed by atoms with van der Waals surface area (Å²) in [4.78, 5) is 17.2. The quantitative estimate of drug-likeness (QED) is 0.388. The minimum Gasteiger partial charge on any atom is -0.489 e. The molecule has 4 rings (SSSR count). The number of carbonyl (C=O) groups is 1. The molecule has 1 aliphatic heterocycles. The van der Waals surface area contributed by atoms with Gasteiger partial charge in [-0.3, -0.25) is 4.79 Å². The molecule has 31 heavy (non-hydrogen) atoms. The number of ether oxygens (including phenoxy) is 1. The topological polar surface area (TPSA) is 50.7 Å². The van der Waals surface area contributed by atoms with Gasteiger partial charge in [-0.1, -0.05) is 71.2 Å². The van der Waals surface area contributed by atoms with Gasteiger partial charge in [0.25, 0.3) is 5.91 Å². The number of hydrogen-bond donors (Lipinski definition) is 1. The molecular formula is C23H15Cl3N2O2S. The summed E-state index contributed by atoms with van der Waals surface area (Å²) in [6, 6.07) is 20.2. The maximum Gasteiger partial charge on any atom is 0.264 e. The molecule has 0 radical (unpaired) electrons. The van der Waals surface area contributed by atoms with Gasteiger partial charge in [0, 0.05) is 10.6 Å². The molecule has 1 heterocycles. The molecule has 0 aromatic heterocycles. The van der Waals surface area contributed by atoms with E-state index >= 15 is 0 Å². The average Bonchev–Trinajstić information content (AvgIpc) is 3.10. The van der Waals surface area contributed by atoms with Crippen molar-refractivity contribution in [3.63, 3.8) is 0 Å². The molecule has 3 aromatic rings. The lowest BCUT2D eigenvalue weighted by Crippen LogP contribution is -2.19. The van der Waals surface area contributed by atoms with Crippen LogP contribution in [0.5, 0.6) is 5.75 Å². The maximum absolute atomic E-state index is 12.3. The standard InChI is InChI=1S/C23H15Cl3N2O2S/c24-17-5-2-1-4-15(17)13-30-16-10-8-14(9-11-16)12-20-22(29)28-23(31-20)27-19-7-3-6-18(25)21(19)26/h1-12H,13H2,(H,27,28,29)/b20-12+. The molecule has 4 nitrogen and oxygen atoms in total. The van der Waals surface area contributed by atoms with Crippen LogP contribution in [0.25, 0.3) is 6.08 Å². The van der Waals surface area contributed by atoms with Gasteiger partial charge in [-0.25, -0.2) is 4.99 Å². The monoisotopic (exact) mass is 488 g/mol.